The molecule has 3 N–H and O–H groups in total. The molecule has 0 bridgehead atoms. The number of halogens is 1. The molecule has 8 heteroatoms. The number of hydrogen-bond acceptors (Lipinski definition) is 5. The van der Waals surface area contributed by atoms with Crippen molar-refractivity contribution in [2.24, 2.45) is 5.73 Å². The summed E-state index contributed by atoms with van der Waals surface area (Å²) in [7, 11) is 1.57. The molecule has 1 unspecified atom stereocenters. The zero-order valence-corrected chi connectivity index (χ0v) is 16.3. The predicted octanol–water partition coefficient (Wildman–Crippen LogP) is 1.33. The molecule has 1 aliphatic heterocycles. The van der Waals surface area contributed by atoms with E-state index >= 15 is 0 Å². The normalized spacial score (nSPS) is 15.7. The fraction of sp³-hybridized carbons (Fsp3) is 0.556. The maximum atomic E-state index is 12.2. The van der Waals surface area contributed by atoms with Crippen molar-refractivity contribution in [3.05, 3.63) is 24.3 Å². The van der Waals surface area contributed by atoms with Gasteiger partial charge < -0.3 is 20.7 Å². The van der Waals surface area contributed by atoms with Crippen LogP contribution < -0.4 is 15.8 Å². The van der Waals surface area contributed by atoms with Crippen molar-refractivity contribution in [3.63, 3.8) is 0 Å². The van der Waals surface area contributed by atoms with Crippen molar-refractivity contribution in [3.8, 4) is 5.75 Å². The molecule has 2 amide bonds. The van der Waals surface area contributed by atoms with Crippen molar-refractivity contribution in [1.29, 1.82) is 0 Å². The first-order chi connectivity index (χ1) is 12.0. The monoisotopic (exact) mass is 384 g/mol. The zero-order valence-electron chi connectivity index (χ0n) is 15.4. The molecule has 0 aromatic heterocycles. The first-order valence-electron chi connectivity index (χ1n) is 8.74. The molecule has 7 nitrogen and oxygen atoms in total. The Morgan fingerprint density at radius 3 is 2.50 bits per heavy atom. The van der Waals surface area contributed by atoms with Crippen LogP contribution in [0.5, 0.6) is 5.75 Å². The molecular formula is C18H29ClN4O3. The lowest BCUT2D eigenvalue weighted by molar-refractivity contribution is -0.134. The van der Waals surface area contributed by atoms with Crippen molar-refractivity contribution >= 4 is 29.9 Å². The molecule has 26 heavy (non-hydrogen) atoms. The van der Waals surface area contributed by atoms with Crippen molar-refractivity contribution < 1.29 is 14.3 Å². The second-order valence-corrected chi connectivity index (χ2v) is 6.25. The Hall–Kier alpha value is -1.83. The molecule has 1 saturated heterocycles. The van der Waals surface area contributed by atoms with Gasteiger partial charge in [-0.25, -0.2) is 0 Å². The average Bonchev–Trinajstić information content (AvgIpc) is 2.62. The molecular weight excluding hydrogens is 356 g/mol. The highest BCUT2D eigenvalue weighted by Crippen LogP contribution is 2.22. The first kappa shape index (κ1) is 22.2. The van der Waals surface area contributed by atoms with Gasteiger partial charge in [-0.3, -0.25) is 14.5 Å². The minimum Gasteiger partial charge on any atom is -0.495 e. The highest BCUT2D eigenvalue weighted by Gasteiger charge is 2.25. The Bertz CT molecular complexity index is 592. The van der Waals surface area contributed by atoms with Gasteiger partial charge in [0.1, 0.15) is 5.75 Å². The van der Waals surface area contributed by atoms with E-state index in [0.717, 1.165) is 6.42 Å². The number of methoxy groups -OCH3 is 1. The highest BCUT2D eigenvalue weighted by atomic mass is 35.5. The average molecular weight is 385 g/mol. The summed E-state index contributed by atoms with van der Waals surface area (Å²) in [6.07, 6.45) is 1.61. The SMILES string of the molecule is CCCC(N)C(=O)N1CCN(CC(=O)Nc2ccccc2OC)CC1.Cl. The van der Waals surface area contributed by atoms with Crippen LogP contribution >= 0.6 is 12.4 Å². The van der Waals surface area contributed by atoms with Gasteiger partial charge in [0.15, 0.2) is 0 Å². The number of carbonyl (C=O) groups excluding carboxylic acids is 2. The van der Waals surface area contributed by atoms with E-state index in [1.165, 1.54) is 0 Å². The number of hydrogen-bond donors (Lipinski definition) is 2. The van der Waals surface area contributed by atoms with Crippen LogP contribution in [0.1, 0.15) is 19.8 Å². The second-order valence-electron chi connectivity index (χ2n) is 6.25. The maximum absolute atomic E-state index is 12.2. The summed E-state index contributed by atoms with van der Waals surface area (Å²) in [4.78, 5) is 28.3. The molecule has 1 aromatic rings. The standard InChI is InChI=1S/C18H28N4O3.ClH/c1-3-6-14(19)18(24)22-11-9-21(10-12-22)13-17(23)20-15-7-4-5-8-16(15)25-2;/h4-5,7-8,14H,3,6,9-13,19H2,1-2H3,(H,20,23);1H. The van der Waals surface area contributed by atoms with Crippen molar-refractivity contribution in [2.45, 2.75) is 25.8 Å². The summed E-state index contributed by atoms with van der Waals surface area (Å²) in [6.45, 7) is 4.87. The fourth-order valence-electron chi connectivity index (χ4n) is 2.94. The Morgan fingerprint density at radius 1 is 1.23 bits per heavy atom. The van der Waals surface area contributed by atoms with Gasteiger partial charge in [0.2, 0.25) is 11.8 Å². The van der Waals surface area contributed by atoms with E-state index in [1.807, 2.05) is 30.0 Å². The fourth-order valence-corrected chi connectivity index (χ4v) is 2.94. The lowest BCUT2D eigenvalue weighted by Crippen LogP contribution is -2.54. The van der Waals surface area contributed by atoms with E-state index in [9.17, 15) is 9.59 Å². The number of anilines is 1. The van der Waals surface area contributed by atoms with E-state index in [4.69, 9.17) is 10.5 Å². The summed E-state index contributed by atoms with van der Waals surface area (Å²) < 4.78 is 5.23. The van der Waals surface area contributed by atoms with Crippen LogP contribution in [0.3, 0.4) is 0 Å². The molecule has 0 aliphatic carbocycles. The third kappa shape index (κ3) is 6.16. The summed E-state index contributed by atoms with van der Waals surface area (Å²) in [5.41, 5.74) is 6.57. The van der Waals surface area contributed by atoms with Gasteiger partial charge in [0, 0.05) is 26.2 Å². The number of para-hydroxylation sites is 2. The van der Waals surface area contributed by atoms with Gasteiger partial charge in [-0.15, -0.1) is 12.4 Å². The van der Waals surface area contributed by atoms with Crippen LogP contribution in [0, 0.1) is 0 Å². The Balaban J connectivity index is 0.00000338. The third-order valence-electron chi connectivity index (χ3n) is 4.35. The first-order valence-corrected chi connectivity index (χ1v) is 8.74. The molecule has 1 aromatic carbocycles. The van der Waals surface area contributed by atoms with Crippen molar-refractivity contribution in [2.75, 3.05) is 45.2 Å². The maximum Gasteiger partial charge on any atom is 0.239 e. The summed E-state index contributed by atoms with van der Waals surface area (Å²) in [5.74, 6) is 0.558. The van der Waals surface area contributed by atoms with Crippen LogP contribution in [-0.2, 0) is 9.59 Å². The van der Waals surface area contributed by atoms with E-state index in [-0.39, 0.29) is 24.2 Å². The minimum atomic E-state index is -0.412. The van der Waals surface area contributed by atoms with Crippen LogP contribution in [0.2, 0.25) is 0 Å². The molecule has 0 saturated carbocycles. The largest absolute Gasteiger partial charge is 0.495 e. The number of rotatable bonds is 7. The van der Waals surface area contributed by atoms with E-state index < -0.39 is 6.04 Å². The van der Waals surface area contributed by atoms with Gasteiger partial charge in [0.05, 0.1) is 25.4 Å². The molecule has 1 atom stereocenters. The molecule has 2 rings (SSSR count). The van der Waals surface area contributed by atoms with E-state index in [0.29, 0.717) is 50.6 Å². The molecule has 1 aliphatic rings. The van der Waals surface area contributed by atoms with Crippen LogP contribution in [0.25, 0.3) is 0 Å². The van der Waals surface area contributed by atoms with E-state index in [2.05, 4.69) is 5.32 Å². The summed E-state index contributed by atoms with van der Waals surface area (Å²) >= 11 is 0. The quantitative estimate of drug-likeness (QED) is 0.740. The topological polar surface area (TPSA) is 87.9 Å². The lowest BCUT2D eigenvalue weighted by Gasteiger charge is -2.35. The summed E-state index contributed by atoms with van der Waals surface area (Å²) in [6, 6.07) is 6.91. The Labute approximate surface area is 161 Å². The number of piperazine rings is 1. The third-order valence-corrected chi connectivity index (χ3v) is 4.35. The minimum absolute atomic E-state index is 0. The molecule has 1 fully saturated rings. The smallest absolute Gasteiger partial charge is 0.239 e. The summed E-state index contributed by atoms with van der Waals surface area (Å²) in [5, 5.41) is 2.87. The number of carbonyl (C=O) groups is 2. The molecule has 0 spiro atoms. The van der Waals surface area contributed by atoms with Gasteiger partial charge in [-0.05, 0) is 18.6 Å². The van der Waals surface area contributed by atoms with Gasteiger partial charge in [0.25, 0.3) is 0 Å². The number of nitrogens with zero attached hydrogens (tertiary/aromatic N) is 2. The number of nitrogens with one attached hydrogen (secondary N) is 1. The van der Waals surface area contributed by atoms with Crippen LogP contribution in [-0.4, -0.2) is 67.5 Å². The Morgan fingerprint density at radius 2 is 1.88 bits per heavy atom. The number of benzene rings is 1. The Kier molecular flexibility index (Phi) is 9.40. The molecule has 0 radical (unpaired) electrons. The molecule has 1 heterocycles. The van der Waals surface area contributed by atoms with Crippen LogP contribution in [0.4, 0.5) is 5.69 Å². The van der Waals surface area contributed by atoms with Gasteiger partial charge >= 0.3 is 0 Å². The van der Waals surface area contributed by atoms with Crippen molar-refractivity contribution in [1.82, 2.24) is 9.80 Å². The highest BCUT2D eigenvalue weighted by molar-refractivity contribution is 5.93. The number of nitrogens with two attached hydrogens (primary N) is 1. The zero-order chi connectivity index (χ0) is 18.2. The van der Waals surface area contributed by atoms with Gasteiger partial charge in [-0.2, -0.15) is 0 Å². The van der Waals surface area contributed by atoms with Gasteiger partial charge in [-0.1, -0.05) is 25.5 Å². The lowest BCUT2D eigenvalue weighted by atomic mass is 10.1. The molecule has 146 valence electrons. The van der Waals surface area contributed by atoms with Crippen LogP contribution in [0.15, 0.2) is 24.3 Å². The number of amides is 2. The van der Waals surface area contributed by atoms with E-state index in [1.54, 1.807) is 18.1 Å². The second kappa shape index (κ2) is 11.0. The number of ether oxygens (including phenoxy) is 1. The predicted molar refractivity (Wildman–Crippen MR) is 105 cm³/mol.